The molecule has 0 N–H and O–H groups in total. The van der Waals surface area contributed by atoms with Crippen LogP contribution in [0.25, 0.3) is 0 Å². The van der Waals surface area contributed by atoms with E-state index in [9.17, 15) is 9.59 Å². The second-order valence-corrected chi connectivity index (χ2v) is 4.52. The largest absolute Gasteiger partial charge is 0.462 e. The highest BCUT2D eigenvalue weighted by atomic mass is 35.5. The average Bonchev–Trinajstić information content (AvgIpc) is 2.27. The summed E-state index contributed by atoms with van der Waals surface area (Å²) in [6.07, 6.45) is 0. The van der Waals surface area contributed by atoms with E-state index in [4.69, 9.17) is 27.9 Å². The summed E-state index contributed by atoms with van der Waals surface area (Å²) in [7, 11) is 0. The maximum atomic E-state index is 11.7. The van der Waals surface area contributed by atoms with E-state index < -0.39 is 11.3 Å². The molecule has 1 atom stereocenters. The highest BCUT2D eigenvalue weighted by Crippen LogP contribution is 2.18. The molecule has 0 aliphatic carbocycles. The van der Waals surface area contributed by atoms with Crippen molar-refractivity contribution < 1.29 is 14.3 Å². The highest BCUT2D eigenvalue weighted by Gasteiger charge is 2.16. The van der Waals surface area contributed by atoms with Crippen molar-refractivity contribution in [1.29, 1.82) is 0 Å². The van der Waals surface area contributed by atoms with Gasteiger partial charge in [-0.2, -0.15) is 0 Å². The Morgan fingerprint density at radius 1 is 1.29 bits per heavy atom. The van der Waals surface area contributed by atoms with E-state index in [1.165, 1.54) is 18.2 Å². The first kappa shape index (κ1) is 14.0. The van der Waals surface area contributed by atoms with Crippen LogP contribution in [-0.2, 0) is 4.74 Å². The third-order valence-corrected chi connectivity index (χ3v) is 2.47. The first-order chi connectivity index (χ1) is 7.95. The number of ketones is 1. The summed E-state index contributed by atoms with van der Waals surface area (Å²) in [4.78, 5) is 23.2. The van der Waals surface area contributed by atoms with Gasteiger partial charge in [-0.1, -0.05) is 11.6 Å². The molecule has 0 fully saturated rings. The highest BCUT2D eigenvalue weighted by molar-refractivity contribution is 6.35. The van der Waals surface area contributed by atoms with E-state index in [0.29, 0.717) is 10.6 Å². The summed E-state index contributed by atoms with van der Waals surface area (Å²) in [5, 5.41) is -0.361. The second-order valence-electron chi connectivity index (χ2n) is 3.43. The SMILES string of the molecule is CCOC(=O)c1cc(Cl)cc(C(=O)C(C)Cl)c1. The molecule has 17 heavy (non-hydrogen) atoms. The topological polar surface area (TPSA) is 43.4 Å². The first-order valence-corrected chi connectivity index (χ1v) is 5.93. The molecule has 0 spiro atoms. The van der Waals surface area contributed by atoms with Crippen molar-refractivity contribution in [2.45, 2.75) is 19.2 Å². The van der Waals surface area contributed by atoms with Gasteiger partial charge in [0.1, 0.15) is 0 Å². The number of carbonyl (C=O) groups is 2. The van der Waals surface area contributed by atoms with Gasteiger partial charge in [0.05, 0.1) is 17.5 Å². The Kier molecular flexibility index (Phi) is 4.97. The van der Waals surface area contributed by atoms with Crippen LogP contribution in [0.15, 0.2) is 18.2 Å². The lowest BCUT2D eigenvalue weighted by Gasteiger charge is -2.07. The number of halogens is 2. The van der Waals surface area contributed by atoms with Crippen molar-refractivity contribution >= 4 is 35.0 Å². The van der Waals surface area contributed by atoms with Gasteiger partial charge < -0.3 is 4.74 Å². The molecule has 1 aromatic carbocycles. The minimum absolute atomic E-state index is 0.250. The Hall–Kier alpha value is -1.06. The Morgan fingerprint density at radius 2 is 1.88 bits per heavy atom. The van der Waals surface area contributed by atoms with Gasteiger partial charge in [0, 0.05) is 10.6 Å². The summed E-state index contributed by atoms with van der Waals surface area (Å²) in [5.74, 6) is -0.786. The van der Waals surface area contributed by atoms with Crippen molar-refractivity contribution in [3.8, 4) is 0 Å². The van der Waals surface area contributed by atoms with E-state index >= 15 is 0 Å². The molecule has 0 aromatic heterocycles. The predicted octanol–water partition coefficient (Wildman–Crippen LogP) is 3.33. The van der Waals surface area contributed by atoms with E-state index in [0.717, 1.165) is 0 Å². The Morgan fingerprint density at radius 3 is 2.41 bits per heavy atom. The minimum atomic E-state index is -0.663. The second kappa shape index (κ2) is 6.03. The van der Waals surface area contributed by atoms with Crippen molar-refractivity contribution in [2.75, 3.05) is 6.61 Å². The Bertz CT molecular complexity index is 441. The van der Waals surface area contributed by atoms with Gasteiger partial charge in [-0.25, -0.2) is 4.79 Å². The summed E-state index contributed by atoms with van der Waals surface area (Å²) < 4.78 is 4.84. The van der Waals surface area contributed by atoms with Gasteiger partial charge in [0.2, 0.25) is 0 Å². The molecule has 3 nitrogen and oxygen atoms in total. The quantitative estimate of drug-likeness (QED) is 0.481. The van der Waals surface area contributed by atoms with Gasteiger partial charge in [-0.3, -0.25) is 4.79 Å². The van der Waals surface area contributed by atoms with Crippen LogP contribution in [0.5, 0.6) is 0 Å². The van der Waals surface area contributed by atoms with Gasteiger partial charge in [0.25, 0.3) is 0 Å². The molecule has 0 amide bonds. The maximum absolute atomic E-state index is 11.7. The molecule has 0 saturated carbocycles. The molecule has 1 rings (SSSR count). The van der Waals surface area contributed by atoms with Crippen LogP contribution in [0.2, 0.25) is 5.02 Å². The number of Topliss-reactive ketones (excluding diaryl/α,β-unsaturated/α-hetero) is 1. The molecule has 92 valence electrons. The molecule has 0 heterocycles. The third kappa shape index (κ3) is 3.72. The zero-order valence-electron chi connectivity index (χ0n) is 9.50. The number of carbonyl (C=O) groups excluding carboxylic acids is 2. The Labute approximate surface area is 110 Å². The van der Waals surface area contributed by atoms with E-state index in [-0.39, 0.29) is 18.0 Å². The van der Waals surface area contributed by atoms with Gasteiger partial charge in [-0.05, 0) is 32.0 Å². The summed E-state index contributed by atoms with van der Waals surface area (Å²) >= 11 is 11.5. The fourth-order valence-electron chi connectivity index (χ4n) is 1.29. The van der Waals surface area contributed by atoms with Crippen LogP contribution < -0.4 is 0 Å². The first-order valence-electron chi connectivity index (χ1n) is 5.11. The van der Waals surface area contributed by atoms with Crippen LogP contribution in [0.3, 0.4) is 0 Å². The molecule has 0 aliphatic heterocycles. The van der Waals surface area contributed by atoms with E-state index in [2.05, 4.69) is 0 Å². The fraction of sp³-hybridized carbons (Fsp3) is 0.333. The molecule has 1 unspecified atom stereocenters. The molecule has 0 radical (unpaired) electrons. The van der Waals surface area contributed by atoms with Crippen molar-refractivity contribution in [1.82, 2.24) is 0 Å². The van der Waals surface area contributed by atoms with Crippen molar-refractivity contribution in [3.05, 3.63) is 34.3 Å². The number of benzene rings is 1. The molecule has 5 heteroatoms. The summed E-state index contributed by atoms with van der Waals surface area (Å²) in [5.41, 5.74) is 0.558. The van der Waals surface area contributed by atoms with Gasteiger partial charge in [0.15, 0.2) is 5.78 Å². The van der Waals surface area contributed by atoms with Gasteiger partial charge >= 0.3 is 5.97 Å². The number of hydrogen-bond acceptors (Lipinski definition) is 3. The van der Waals surface area contributed by atoms with E-state index in [1.54, 1.807) is 13.8 Å². The molecule has 1 aromatic rings. The van der Waals surface area contributed by atoms with Crippen LogP contribution in [0, 0.1) is 0 Å². The maximum Gasteiger partial charge on any atom is 0.338 e. The van der Waals surface area contributed by atoms with Gasteiger partial charge in [-0.15, -0.1) is 11.6 Å². The number of ether oxygens (including phenoxy) is 1. The molecular weight excluding hydrogens is 263 g/mol. The van der Waals surface area contributed by atoms with Crippen LogP contribution in [-0.4, -0.2) is 23.7 Å². The normalized spacial score (nSPS) is 12.0. The third-order valence-electron chi connectivity index (χ3n) is 2.05. The van der Waals surface area contributed by atoms with E-state index in [1.807, 2.05) is 0 Å². The van der Waals surface area contributed by atoms with Crippen molar-refractivity contribution in [3.63, 3.8) is 0 Å². The zero-order chi connectivity index (χ0) is 13.0. The average molecular weight is 275 g/mol. The van der Waals surface area contributed by atoms with Crippen LogP contribution in [0.1, 0.15) is 34.6 Å². The lowest BCUT2D eigenvalue weighted by molar-refractivity contribution is 0.0526. The summed E-state index contributed by atoms with van der Waals surface area (Å²) in [6, 6.07) is 4.37. The molecule has 0 bridgehead atoms. The lowest BCUT2D eigenvalue weighted by atomic mass is 10.1. The molecular formula is C12H12Cl2O3. The summed E-state index contributed by atoms with van der Waals surface area (Å²) in [6.45, 7) is 3.53. The Balaban J connectivity index is 3.10. The zero-order valence-corrected chi connectivity index (χ0v) is 11.0. The molecule has 0 aliphatic rings. The standard InChI is InChI=1S/C12H12Cl2O3/c1-3-17-12(16)9-4-8(5-10(14)6-9)11(15)7(2)13/h4-7H,3H2,1-2H3. The lowest BCUT2D eigenvalue weighted by Crippen LogP contribution is -2.12. The van der Waals surface area contributed by atoms with Crippen molar-refractivity contribution in [2.24, 2.45) is 0 Å². The number of rotatable bonds is 4. The molecule has 0 saturated heterocycles. The smallest absolute Gasteiger partial charge is 0.338 e. The van der Waals surface area contributed by atoms with Crippen LogP contribution >= 0.6 is 23.2 Å². The monoisotopic (exact) mass is 274 g/mol. The number of hydrogen-bond donors (Lipinski definition) is 0. The number of alkyl halides is 1. The minimum Gasteiger partial charge on any atom is -0.462 e. The number of esters is 1. The fourth-order valence-corrected chi connectivity index (χ4v) is 1.65. The van der Waals surface area contributed by atoms with Crippen LogP contribution in [0.4, 0.5) is 0 Å². The predicted molar refractivity (Wildman–Crippen MR) is 67.1 cm³/mol.